The van der Waals surface area contributed by atoms with Gasteiger partial charge in [0.2, 0.25) is 5.82 Å². The summed E-state index contributed by atoms with van der Waals surface area (Å²) in [5.74, 6) is -0.132. The zero-order valence-corrected chi connectivity index (χ0v) is 20.6. The van der Waals surface area contributed by atoms with Crippen LogP contribution < -0.4 is 10.1 Å². The van der Waals surface area contributed by atoms with Crippen LogP contribution in [0, 0.1) is 17.2 Å². The summed E-state index contributed by atoms with van der Waals surface area (Å²) in [6, 6.07) is 12.7. The first-order chi connectivity index (χ1) is 17.8. The van der Waals surface area contributed by atoms with Gasteiger partial charge >= 0.3 is 12.0 Å². The average Bonchev–Trinajstić information content (AvgIpc) is 3.33. The van der Waals surface area contributed by atoms with Crippen LogP contribution in [0.15, 0.2) is 40.9 Å². The molecule has 2 heterocycles. The number of carbonyl (C=O) groups excluding carboxylic acids is 1. The van der Waals surface area contributed by atoms with Crippen molar-refractivity contribution < 1.29 is 24.0 Å². The largest absolute Gasteiger partial charge is 0.490 e. The second kappa shape index (κ2) is 9.93. The van der Waals surface area contributed by atoms with Gasteiger partial charge in [0, 0.05) is 24.2 Å². The molecule has 1 aliphatic heterocycles. The predicted molar refractivity (Wildman–Crippen MR) is 133 cm³/mol. The lowest BCUT2D eigenvalue weighted by molar-refractivity contribution is -0.146. The number of nitrogens with one attached hydrogen (secondary N) is 1. The van der Waals surface area contributed by atoms with E-state index in [9.17, 15) is 14.9 Å². The molecule has 2 aliphatic rings. The van der Waals surface area contributed by atoms with Gasteiger partial charge in [0.15, 0.2) is 0 Å². The number of fused-ring (bicyclic) bond motifs is 1. The van der Waals surface area contributed by atoms with Gasteiger partial charge in [-0.25, -0.2) is 4.79 Å². The van der Waals surface area contributed by atoms with Gasteiger partial charge in [-0.1, -0.05) is 23.4 Å². The molecule has 1 atom stereocenters. The molecular formula is C27H27N5O5. The predicted octanol–water partition coefficient (Wildman–Crippen LogP) is 4.17. The molecule has 0 saturated carbocycles. The molecule has 10 heteroatoms. The third kappa shape index (κ3) is 4.85. The van der Waals surface area contributed by atoms with Crippen molar-refractivity contribution in [1.29, 1.82) is 5.26 Å². The molecule has 37 heavy (non-hydrogen) atoms. The second-order valence-corrected chi connectivity index (χ2v) is 9.62. The van der Waals surface area contributed by atoms with Gasteiger partial charge in [0.25, 0.3) is 5.89 Å². The Kier molecular flexibility index (Phi) is 6.53. The van der Waals surface area contributed by atoms with Crippen LogP contribution in [-0.2, 0) is 11.2 Å². The van der Waals surface area contributed by atoms with Gasteiger partial charge in [-0.15, -0.1) is 0 Å². The molecule has 0 radical (unpaired) electrons. The highest BCUT2D eigenvalue weighted by Gasteiger charge is 2.37. The summed E-state index contributed by atoms with van der Waals surface area (Å²) in [5, 5.41) is 25.9. The Morgan fingerprint density at radius 1 is 1.27 bits per heavy atom. The number of ether oxygens (including phenoxy) is 1. The summed E-state index contributed by atoms with van der Waals surface area (Å²) < 4.78 is 11.2. The van der Waals surface area contributed by atoms with E-state index >= 15 is 0 Å². The lowest BCUT2D eigenvalue weighted by atomic mass is 9.84. The summed E-state index contributed by atoms with van der Waals surface area (Å²) >= 11 is 0. The number of carboxylic acid groups (broad SMARTS) is 1. The van der Waals surface area contributed by atoms with E-state index in [0.29, 0.717) is 28.6 Å². The number of aliphatic carboxylic acids is 1. The van der Waals surface area contributed by atoms with Crippen molar-refractivity contribution in [2.45, 2.75) is 45.3 Å². The molecule has 1 fully saturated rings. The summed E-state index contributed by atoms with van der Waals surface area (Å²) in [5.41, 5.74) is 3.90. The van der Waals surface area contributed by atoms with Crippen LogP contribution in [0.2, 0.25) is 0 Å². The number of carboxylic acids is 1. The molecule has 5 rings (SSSR count). The van der Waals surface area contributed by atoms with E-state index in [0.717, 1.165) is 36.0 Å². The van der Waals surface area contributed by atoms with Gasteiger partial charge in [0.05, 0.1) is 23.6 Å². The molecule has 1 unspecified atom stereocenters. The number of nitriles is 1. The molecule has 0 spiro atoms. The van der Waals surface area contributed by atoms with Gasteiger partial charge in [-0.3, -0.25) is 4.79 Å². The fraction of sp³-hybridized carbons (Fsp3) is 0.370. The van der Waals surface area contributed by atoms with Crippen LogP contribution in [0.1, 0.15) is 49.4 Å². The van der Waals surface area contributed by atoms with Crippen LogP contribution >= 0.6 is 0 Å². The van der Waals surface area contributed by atoms with Crippen molar-refractivity contribution in [3.8, 4) is 34.7 Å². The van der Waals surface area contributed by atoms with Crippen molar-refractivity contribution in [2.75, 3.05) is 13.1 Å². The highest BCUT2D eigenvalue weighted by Crippen LogP contribution is 2.36. The summed E-state index contributed by atoms with van der Waals surface area (Å²) in [4.78, 5) is 29.9. The zero-order valence-electron chi connectivity index (χ0n) is 20.6. The lowest BCUT2D eigenvalue weighted by Crippen LogP contribution is -2.56. The van der Waals surface area contributed by atoms with Gasteiger partial charge in [-0.2, -0.15) is 10.2 Å². The Morgan fingerprint density at radius 3 is 2.81 bits per heavy atom. The minimum atomic E-state index is -0.875. The Bertz CT molecular complexity index is 1390. The number of likely N-dealkylation sites (tertiary alicyclic amines) is 1. The van der Waals surface area contributed by atoms with E-state index in [2.05, 4.69) is 21.5 Å². The van der Waals surface area contributed by atoms with Crippen LogP contribution in [0.3, 0.4) is 0 Å². The highest BCUT2D eigenvalue weighted by molar-refractivity contribution is 5.80. The first-order valence-electron chi connectivity index (χ1n) is 12.3. The first kappa shape index (κ1) is 24.3. The van der Waals surface area contributed by atoms with Gasteiger partial charge in [0.1, 0.15) is 11.8 Å². The highest BCUT2D eigenvalue weighted by atomic mass is 16.5. The van der Waals surface area contributed by atoms with Gasteiger partial charge in [-0.05, 0) is 62.4 Å². The van der Waals surface area contributed by atoms with Crippen LogP contribution in [0.25, 0.3) is 22.8 Å². The summed E-state index contributed by atoms with van der Waals surface area (Å²) in [7, 11) is 0. The lowest BCUT2D eigenvalue weighted by Gasteiger charge is -2.38. The van der Waals surface area contributed by atoms with Crippen LogP contribution in [0.4, 0.5) is 4.79 Å². The SMILES string of the molecule is CC(C)Oc1ccc(-c2nc(-c3cccc4c3CCCC4NC(=O)N3CC(C(=O)O)C3)no2)cc1C#N. The number of hydrogen-bond donors (Lipinski definition) is 2. The smallest absolute Gasteiger partial charge is 0.317 e. The van der Waals surface area contributed by atoms with E-state index in [1.807, 2.05) is 32.0 Å². The minimum absolute atomic E-state index is 0.0570. The standard InChI is InChI=1S/C27H27N5O5/c1-15(2)36-23-10-9-16(11-17(23)12-28)25-30-24(31-37-25)21-7-3-6-20-19(21)5-4-8-22(20)29-27(35)32-13-18(14-32)26(33)34/h3,6-7,9-11,15,18,22H,4-5,8,13-14H2,1-2H3,(H,29,35)(H,33,34). The maximum absolute atomic E-state index is 12.7. The average molecular weight is 502 g/mol. The number of hydrogen-bond acceptors (Lipinski definition) is 7. The van der Waals surface area contributed by atoms with E-state index in [-0.39, 0.29) is 31.3 Å². The number of urea groups is 1. The third-order valence-corrected chi connectivity index (χ3v) is 6.70. The number of amides is 2. The van der Waals surface area contributed by atoms with Crippen LogP contribution in [-0.4, -0.2) is 51.3 Å². The molecular weight excluding hydrogens is 474 g/mol. The Morgan fingerprint density at radius 2 is 2.08 bits per heavy atom. The summed E-state index contributed by atoms with van der Waals surface area (Å²) in [6.07, 6.45) is 2.42. The van der Waals surface area contributed by atoms with Crippen molar-refractivity contribution in [1.82, 2.24) is 20.4 Å². The van der Waals surface area contributed by atoms with Crippen LogP contribution in [0.5, 0.6) is 5.75 Å². The number of benzene rings is 2. The molecule has 10 nitrogen and oxygen atoms in total. The Balaban J connectivity index is 1.37. The number of rotatable bonds is 6. The second-order valence-electron chi connectivity index (χ2n) is 9.62. The fourth-order valence-corrected chi connectivity index (χ4v) is 4.81. The Hall–Kier alpha value is -4.39. The molecule has 190 valence electrons. The molecule has 0 bridgehead atoms. The molecule has 1 aliphatic carbocycles. The molecule has 3 aromatic rings. The quantitative estimate of drug-likeness (QED) is 0.513. The van der Waals surface area contributed by atoms with E-state index in [4.69, 9.17) is 14.4 Å². The van der Waals surface area contributed by atoms with E-state index < -0.39 is 11.9 Å². The molecule has 1 aromatic heterocycles. The maximum Gasteiger partial charge on any atom is 0.317 e. The third-order valence-electron chi connectivity index (χ3n) is 6.70. The number of aromatic nitrogens is 2. The summed E-state index contributed by atoms with van der Waals surface area (Å²) in [6.45, 7) is 4.25. The van der Waals surface area contributed by atoms with Crippen molar-refractivity contribution in [3.05, 3.63) is 53.1 Å². The van der Waals surface area contributed by atoms with E-state index in [1.165, 1.54) is 4.90 Å². The van der Waals surface area contributed by atoms with Gasteiger partial charge < -0.3 is 24.6 Å². The van der Waals surface area contributed by atoms with E-state index in [1.54, 1.807) is 18.2 Å². The molecule has 2 N–H and O–H groups in total. The maximum atomic E-state index is 12.7. The van der Waals surface area contributed by atoms with Crippen molar-refractivity contribution >= 4 is 12.0 Å². The number of carbonyl (C=O) groups is 2. The monoisotopic (exact) mass is 501 g/mol. The van der Waals surface area contributed by atoms with Crippen molar-refractivity contribution in [2.24, 2.45) is 5.92 Å². The molecule has 2 aromatic carbocycles. The number of nitrogens with zero attached hydrogens (tertiary/aromatic N) is 4. The topological polar surface area (TPSA) is 142 Å². The molecule has 1 saturated heterocycles. The first-order valence-corrected chi connectivity index (χ1v) is 12.3. The fourth-order valence-electron chi connectivity index (χ4n) is 4.81. The Labute approximate surface area is 213 Å². The minimum Gasteiger partial charge on any atom is -0.490 e. The van der Waals surface area contributed by atoms with Crippen molar-refractivity contribution in [3.63, 3.8) is 0 Å². The zero-order chi connectivity index (χ0) is 26.1. The normalized spacial score (nSPS) is 17.0. The molecule has 2 amide bonds.